The van der Waals surface area contributed by atoms with E-state index >= 15 is 0 Å². The molecular formula is C13H17BrN2O2. The van der Waals surface area contributed by atoms with E-state index < -0.39 is 0 Å². The van der Waals surface area contributed by atoms with Crippen molar-refractivity contribution in [3.8, 4) is 11.5 Å². The van der Waals surface area contributed by atoms with Crippen molar-refractivity contribution in [3.63, 3.8) is 0 Å². The van der Waals surface area contributed by atoms with Crippen LogP contribution < -0.4 is 15.2 Å². The smallest absolute Gasteiger partial charge is 0.231 e. The third kappa shape index (κ3) is 1.90. The van der Waals surface area contributed by atoms with Gasteiger partial charge in [-0.15, -0.1) is 0 Å². The van der Waals surface area contributed by atoms with E-state index in [1.165, 1.54) is 5.56 Å². The topological polar surface area (TPSA) is 47.7 Å². The number of halogens is 1. The van der Waals surface area contributed by atoms with Crippen LogP contribution in [-0.4, -0.2) is 31.8 Å². The Hall–Kier alpha value is -0.780. The lowest BCUT2D eigenvalue weighted by molar-refractivity contribution is 0.173. The fraction of sp³-hybridized carbons (Fsp3) is 0.538. The summed E-state index contributed by atoms with van der Waals surface area (Å²) in [4.78, 5) is 2.36. The molecule has 1 aromatic rings. The highest BCUT2D eigenvalue weighted by atomic mass is 79.9. The summed E-state index contributed by atoms with van der Waals surface area (Å²) < 4.78 is 11.9. The van der Waals surface area contributed by atoms with Gasteiger partial charge in [-0.25, -0.2) is 0 Å². The summed E-state index contributed by atoms with van der Waals surface area (Å²) in [6.07, 6.45) is 1.10. The van der Waals surface area contributed by atoms with E-state index in [0.29, 0.717) is 18.8 Å². The van der Waals surface area contributed by atoms with Gasteiger partial charge in [-0.3, -0.25) is 4.90 Å². The molecule has 1 saturated heterocycles. The van der Waals surface area contributed by atoms with Crippen LogP contribution in [-0.2, 0) is 0 Å². The number of nitrogens with two attached hydrogens (primary N) is 1. The number of rotatable bonds is 2. The normalized spacial score (nSPS) is 26.8. The summed E-state index contributed by atoms with van der Waals surface area (Å²) in [6.45, 7) is 2.12. The fourth-order valence-electron chi connectivity index (χ4n) is 2.85. The van der Waals surface area contributed by atoms with E-state index in [0.717, 1.165) is 35.5 Å². The fourth-order valence-corrected chi connectivity index (χ4v) is 3.56. The Balaban J connectivity index is 1.93. The summed E-state index contributed by atoms with van der Waals surface area (Å²) >= 11 is 3.65. The van der Waals surface area contributed by atoms with Gasteiger partial charge in [0.1, 0.15) is 0 Å². The largest absolute Gasteiger partial charge is 0.454 e. The molecular weight excluding hydrogens is 296 g/mol. The number of ether oxygens (including phenoxy) is 2. The molecule has 0 spiro atoms. The standard InChI is InChI=1S/C13H17BrN2O2/c1-16-6-8(5-15)4-10(16)9-2-3-11-13(12(9)14)18-7-17-11/h2-3,8,10H,4-7,15H2,1H3. The van der Waals surface area contributed by atoms with E-state index in [-0.39, 0.29) is 0 Å². The minimum atomic E-state index is 0.309. The molecule has 1 aromatic carbocycles. The lowest BCUT2D eigenvalue weighted by atomic mass is 9.99. The first-order chi connectivity index (χ1) is 8.70. The Kier molecular flexibility index (Phi) is 3.21. The second kappa shape index (κ2) is 4.72. The van der Waals surface area contributed by atoms with Gasteiger partial charge in [0.05, 0.1) is 4.47 Å². The number of benzene rings is 1. The SMILES string of the molecule is CN1CC(CN)CC1c1ccc2c(c1Br)OCO2. The molecule has 2 N–H and O–H groups in total. The molecule has 2 aliphatic heterocycles. The molecule has 2 atom stereocenters. The third-order valence-corrected chi connectivity index (χ3v) is 4.65. The van der Waals surface area contributed by atoms with Gasteiger partial charge in [0.2, 0.25) is 6.79 Å². The van der Waals surface area contributed by atoms with Crippen LogP contribution in [0.2, 0.25) is 0 Å². The molecule has 4 nitrogen and oxygen atoms in total. The Labute approximate surface area is 115 Å². The predicted molar refractivity (Wildman–Crippen MR) is 72.8 cm³/mol. The summed E-state index contributed by atoms with van der Waals surface area (Å²) in [7, 11) is 2.15. The molecule has 3 rings (SSSR count). The van der Waals surface area contributed by atoms with Crippen molar-refractivity contribution in [3.05, 3.63) is 22.2 Å². The average molecular weight is 313 g/mol. The van der Waals surface area contributed by atoms with Crippen LogP contribution in [0.4, 0.5) is 0 Å². The Bertz CT molecular complexity index is 467. The van der Waals surface area contributed by atoms with Crippen LogP contribution >= 0.6 is 15.9 Å². The maximum Gasteiger partial charge on any atom is 0.231 e. The first-order valence-corrected chi connectivity index (χ1v) is 6.98. The van der Waals surface area contributed by atoms with Crippen LogP contribution in [0.5, 0.6) is 11.5 Å². The zero-order valence-electron chi connectivity index (χ0n) is 10.4. The first-order valence-electron chi connectivity index (χ1n) is 6.19. The summed E-state index contributed by atoms with van der Waals surface area (Å²) in [5.74, 6) is 2.23. The zero-order valence-corrected chi connectivity index (χ0v) is 11.9. The minimum absolute atomic E-state index is 0.309. The van der Waals surface area contributed by atoms with Crippen molar-refractivity contribution in [2.24, 2.45) is 11.7 Å². The number of hydrogen-bond acceptors (Lipinski definition) is 4. The van der Waals surface area contributed by atoms with Gasteiger partial charge in [-0.05, 0) is 53.5 Å². The van der Waals surface area contributed by atoms with Gasteiger partial charge in [0, 0.05) is 12.6 Å². The van der Waals surface area contributed by atoms with E-state index in [4.69, 9.17) is 15.2 Å². The van der Waals surface area contributed by atoms with Crippen molar-refractivity contribution < 1.29 is 9.47 Å². The van der Waals surface area contributed by atoms with E-state index in [1.807, 2.05) is 6.07 Å². The molecule has 0 amide bonds. The molecule has 0 aliphatic carbocycles. The molecule has 2 unspecified atom stereocenters. The highest BCUT2D eigenvalue weighted by molar-refractivity contribution is 9.10. The van der Waals surface area contributed by atoms with Gasteiger partial charge in [0.25, 0.3) is 0 Å². The predicted octanol–water partition coefficient (Wildman–Crippen LogP) is 2.13. The quantitative estimate of drug-likeness (QED) is 0.909. The molecule has 5 heteroatoms. The maximum atomic E-state index is 5.78. The molecule has 2 heterocycles. The number of fused-ring (bicyclic) bond motifs is 1. The van der Waals surface area contributed by atoms with Crippen LogP contribution in [0, 0.1) is 5.92 Å². The summed E-state index contributed by atoms with van der Waals surface area (Å²) in [6, 6.07) is 4.52. The van der Waals surface area contributed by atoms with Crippen LogP contribution in [0.15, 0.2) is 16.6 Å². The van der Waals surface area contributed by atoms with E-state index in [1.54, 1.807) is 0 Å². The second-order valence-corrected chi connectivity index (χ2v) is 5.79. The Morgan fingerprint density at radius 3 is 3.00 bits per heavy atom. The minimum Gasteiger partial charge on any atom is -0.454 e. The molecule has 0 aromatic heterocycles. The third-order valence-electron chi connectivity index (χ3n) is 3.84. The number of nitrogens with zero attached hydrogens (tertiary/aromatic N) is 1. The summed E-state index contributed by atoms with van der Waals surface area (Å²) in [5, 5.41) is 0. The highest BCUT2D eigenvalue weighted by Gasteiger charge is 2.32. The number of hydrogen-bond donors (Lipinski definition) is 1. The maximum absolute atomic E-state index is 5.78. The van der Waals surface area contributed by atoms with E-state index in [9.17, 15) is 0 Å². The molecule has 1 fully saturated rings. The van der Waals surface area contributed by atoms with Gasteiger partial charge in [-0.1, -0.05) is 6.07 Å². The molecule has 18 heavy (non-hydrogen) atoms. The van der Waals surface area contributed by atoms with Gasteiger partial charge < -0.3 is 15.2 Å². The van der Waals surface area contributed by atoms with Crippen molar-refractivity contribution >= 4 is 15.9 Å². The average Bonchev–Trinajstić information content (AvgIpc) is 2.96. The second-order valence-electron chi connectivity index (χ2n) is 5.00. The van der Waals surface area contributed by atoms with Crippen molar-refractivity contribution in [1.82, 2.24) is 4.90 Å². The van der Waals surface area contributed by atoms with Gasteiger partial charge >= 0.3 is 0 Å². The lowest BCUT2D eigenvalue weighted by Gasteiger charge is -2.21. The van der Waals surface area contributed by atoms with Crippen LogP contribution in [0.25, 0.3) is 0 Å². The van der Waals surface area contributed by atoms with E-state index in [2.05, 4.69) is 33.9 Å². The first kappa shape index (κ1) is 12.3. The monoisotopic (exact) mass is 312 g/mol. The van der Waals surface area contributed by atoms with Crippen LogP contribution in [0.3, 0.4) is 0 Å². The molecule has 98 valence electrons. The van der Waals surface area contributed by atoms with Crippen molar-refractivity contribution in [2.75, 3.05) is 26.9 Å². The van der Waals surface area contributed by atoms with Crippen molar-refractivity contribution in [2.45, 2.75) is 12.5 Å². The molecule has 0 saturated carbocycles. The van der Waals surface area contributed by atoms with Crippen molar-refractivity contribution in [1.29, 1.82) is 0 Å². The van der Waals surface area contributed by atoms with Gasteiger partial charge in [-0.2, -0.15) is 0 Å². The zero-order chi connectivity index (χ0) is 12.7. The molecule has 2 aliphatic rings. The van der Waals surface area contributed by atoms with Gasteiger partial charge in [0.15, 0.2) is 11.5 Å². The Morgan fingerprint density at radius 2 is 2.28 bits per heavy atom. The Morgan fingerprint density at radius 1 is 1.44 bits per heavy atom. The molecule has 0 radical (unpaired) electrons. The number of likely N-dealkylation sites (tertiary alicyclic amines) is 1. The van der Waals surface area contributed by atoms with Crippen LogP contribution in [0.1, 0.15) is 18.0 Å². The molecule has 0 bridgehead atoms. The lowest BCUT2D eigenvalue weighted by Crippen LogP contribution is -2.20. The highest BCUT2D eigenvalue weighted by Crippen LogP contribution is 2.46. The summed E-state index contributed by atoms with van der Waals surface area (Å²) in [5.41, 5.74) is 7.04.